The molecular formula is C14H20ClN3O2S. The first kappa shape index (κ1) is 16.3. The molecule has 116 valence electrons. The molecule has 0 spiro atoms. The number of imidazole rings is 1. The van der Waals surface area contributed by atoms with Crippen LogP contribution < -0.4 is 4.72 Å². The second kappa shape index (κ2) is 5.59. The molecule has 0 radical (unpaired) electrons. The topological polar surface area (TPSA) is 64.0 Å². The molecule has 1 N–H and O–H groups in total. The van der Waals surface area contributed by atoms with Crippen LogP contribution in [0, 0.1) is 6.92 Å². The molecule has 0 bridgehead atoms. The van der Waals surface area contributed by atoms with Crippen LogP contribution in [0.1, 0.15) is 25.2 Å². The first-order valence-corrected chi connectivity index (χ1v) is 9.04. The molecule has 2 aromatic rings. The normalized spacial score (nSPS) is 13.0. The maximum absolute atomic E-state index is 11.5. The number of sulfonamides is 1. The lowest BCUT2D eigenvalue weighted by molar-refractivity contribution is 0.392. The highest BCUT2D eigenvalue weighted by molar-refractivity contribution is 7.88. The van der Waals surface area contributed by atoms with Gasteiger partial charge in [-0.2, -0.15) is 0 Å². The molecule has 7 heteroatoms. The third-order valence-corrected chi connectivity index (χ3v) is 4.28. The Hall–Kier alpha value is -1.11. The Bertz CT molecular complexity index is 766. The lowest BCUT2D eigenvalue weighted by atomic mass is 10.1. The van der Waals surface area contributed by atoms with Crippen molar-refractivity contribution in [3.8, 4) is 0 Å². The first-order chi connectivity index (χ1) is 9.61. The Labute approximate surface area is 130 Å². The van der Waals surface area contributed by atoms with E-state index in [1.165, 1.54) is 0 Å². The molecule has 0 amide bonds. The standard InChI is InChI=1S/C14H20ClN3O2S/c1-10-5-6-12-11(7-10)16-13(8-15)18(12)9-14(2,3)17-21(4,19)20/h5-7,17H,8-9H2,1-4H3. The maximum Gasteiger partial charge on any atom is 0.209 e. The largest absolute Gasteiger partial charge is 0.325 e. The number of aromatic nitrogens is 2. The van der Waals surface area contributed by atoms with Gasteiger partial charge in [0.05, 0.1) is 23.2 Å². The SMILES string of the molecule is Cc1ccc2c(c1)nc(CCl)n2CC(C)(C)NS(C)(=O)=O. The molecule has 0 aliphatic carbocycles. The average molecular weight is 330 g/mol. The average Bonchev–Trinajstić information content (AvgIpc) is 2.62. The molecule has 5 nitrogen and oxygen atoms in total. The highest BCUT2D eigenvalue weighted by atomic mass is 35.5. The van der Waals surface area contributed by atoms with Gasteiger partial charge in [-0.25, -0.2) is 18.1 Å². The highest BCUT2D eigenvalue weighted by Crippen LogP contribution is 2.22. The van der Waals surface area contributed by atoms with E-state index in [1.54, 1.807) is 0 Å². The third-order valence-electron chi connectivity index (χ3n) is 3.12. The van der Waals surface area contributed by atoms with Crippen molar-refractivity contribution in [3.63, 3.8) is 0 Å². The van der Waals surface area contributed by atoms with Crippen molar-refractivity contribution in [2.75, 3.05) is 6.26 Å². The predicted molar refractivity (Wildman–Crippen MR) is 86.1 cm³/mol. The van der Waals surface area contributed by atoms with Crippen LogP contribution in [0.2, 0.25) is 0 Å². The zero-order valence-electron chi connectivity index (χ0n) is 12.6. The number of fused-ring (bicyclic) bond motifs is 1. The van der Waals surface area contributed by atoms with E-state index >= 15 is 0 Å². The molecule has 2 rings (SSSR count). The summed E-state index contributed by atoms with van der Waals surface area (Å²) in [4.78, 5) is 4.53. The molecule has 1 heterocycles. The van der Waals surface area contributed by atoms with Gasteiger partial charge in [0.1, 0.15) is 5.82 Å². The van der Waals surface area contributed by atoms with Crippen LogP contribution in [0.15, 0.2) is 18.2 Å². The predicted octanol–water partition coefficient (Wildman–Crippen LogP) is 2.41. The van der Waals surface area contributed by atoms with E-state index in [2.05, 4.69) is 9.71 Å². The van der Waals surface area contributed by atoms with Gasteiger partial charge in [-0.05, 0) is 38.5 Å². The summed E-state index contributed by atoms with van der Waals surface area (Å²) in [7, 11) is -3.28. The highest BCUT2D eigenvalue weighted by Gasteiger charge is 2.25. The Morgan fingerprint density at radius 3 is 2.62 bits per heavy atom. The molecule has 0 fully saturated rings. The third kappa shape index (κ3) is 3.96. The van der Waals surface area contributed by atoms with Crippen molar-refractivity contribution < 1.29 is 8.42 Å². The molecule has 1 aromatic heterocycles. The van der Waals surface area contributed by atoms with Crippen LogP contribution in [-0.4, -0.2) is 29.8 Å². The summed E-state index contributed by atoms with van der Waals surface area (Å²) in [5.74, 6) is 1.02. The number of hydrogen-bond acceptors (Lipinski definition) is 3. The molecule has 0 atom stereocenters. The second-order valence-electron chi connectivity index (χ2n) is 6.00. The van der Waals surface area contributed by atoms with Gasteiger partial charge in [0.15, 0.2) is 0 Å². The minimum Gasteiger partial charge on any atom is -0.325 e. The van der Waals surface area contributed by atoms with E-state index in [1.807, 2.05) is 43.5 Å². The van der Waals surface area contributed by atoms with Crippen LogP contribution in [0.3, 0.4) is 0 Å². The van der Waals surface area contributed by atoms with Gasteiger partial charge in [0.25, 0.3) is 0 Å². The molecule has 0 unspecified atom stereocenters. The summed E-state index contributed by atoms with van der Waals surface area (Å²) in [5.41, 5.74) is 2.33. The van der Waals surface area contributed by atoms with E-state index in [0.717, 1.165) is 28.7 Å². The van der Waals surface area contributed by atoms with Crippen molar-refractivity contribution in [1.82, 2.24) is 14.3 Å². The zero-order valence-corrected chi connectivity index (χ0v) is 14.2. The van der Waals surface area contributed by atoms with Crippen molar-refractivity contribution in [3.05, 3.63) is 29.6 Å². The van der Waals surface area contributed by atoms with Crippen LogP contribution >= 0.6 is 11.6 Å². The quantitative estimate of drug-likeness (QED) is 0.857. The van der Waals surface area contributed by atoms with Gasteiger partial charge in [0.2, 0.25) is 10.0 Å². The number of halogens is 1. The van der Waals surface area contributed by atoms with Crippen molar-refractivity contribution in [2.45, 2.75) is 38.7 Å². The minimum absolute atomic E-state index is 0.280. The van der Waals surface area contributed by atoms with E-state index in [4.69, 9.17) is 11.6 Å². The number of hydrogen-bond donors (Lipinski definition) is 1. The molecule has 0 saturated heterocycles. The van der Waals surface area contributed by atoms with Gasteiger partial charge < -0.3 is 4.57 Å². The van der Waals surface area contributed by atoms with Crippen LogP contribution in [0.25, 0.3) is 11.0 Å². The number of benzene rings is 1. The Morgan fingerprint density at radius 2 is 2.05 bits per heavy atom. The van der Waals surface area contributed by atoms with Crippen LogP contribution in [0.5, 0.6) is 0 Å². The van der Waals surface area contributed by atoms with Crippen molar-refractivity contribution in [1.29, 1.82) is 0 Å². The number of alkyl halides is 1. The maximum atomic E-state index is 11.5. The molecule has 1 aromatic carbocycles. The Balaban J connectivity index is 2.46. The fourth-order valence-electron chi connectivity index (χ4n) is 2.50. The summed E-state index contributed by atoms with van der Waals surface area (Å²) in [6, 6.07) is 6.00. The van der Waals surface area contributed by atoms with Crippen LogP contribution in [-0.2, 0) is 22.4 Å². The molecular weight excluding hydrogens is 310 g/mol. The Kier molecular flexibility index (Phi) is 4.33. The smallest absolute Gasteiger partial charge is 0.209 e. The van der Waals surface area contributed by atoms with Gasteiger partial charge in [-0.3, -0.25) is 0 Å². The van der Waals surface area contributed by atoms with E-state index in [9.17, 15) is 8.42 Å². The van der Waals surface area contributed by atoms with Crippen molar-refractivity contribution >= 4 is 32.7 Å². The molecule has 0 aliphatic rings. The summed E-state index contributed by atoms with van der Waals surface area (Å²) < 4.78 is 27.6. The van der Waals surface area contributed by atoms with E-state index < -0.39 is 15.6 Å². The van der Waals surface area contributed by atoms with Gasteiger partial charge in [0, 0.05) is 12.1 Å². The second-order valence-corrected chi connectivity index (χ2v) is 8.01. The van der Waals surface area contributed by atoms with Crippen molar-refractivity contribution in [2.24, 2.45) is 0 Å². The lowest BCUT2D eigenvalue weighted by Crippen LogP contribution is -2.46. The lowest BCUT2D eigenvalue weighted by Gasteiger charge is -2.26. The fourth-order valence-corrected chi connectivity index (χ4v) is 3.77. The number of rotatable bonds is 5. The van der Waals surface area contributed by atoms with E-state index in [0.29, 0.717) is 6.54 Å². The number of nitrogens with one attached hydrogen (secondary N) is 1. The monoisotopic (exact) mass is 329 g/mol. The summed E-state index contributed by atoms with van der Waals surface area (Å²) >= 11 is 5.98. The van der Waals surface area contributed by atoms with Crippen LogP contribution in [0.4, 0.5) is 0 Å². The Morgan fingerprint density at radius 1 is 1.38 bits per heavy atom. The summed E-state index contributed by atoms with van der Waals surface area (Å²) in [6.45, 7) is 6.15. The molecule has 21 heavy (non-hydrogen) atoms. The zero-order chi connectivity index (χ0) is 15.8. The van der Waals surface area contributed by atoms with Gasteiger partial charge >= 0.3 is 0 Å². The molecule has 0 saturated carbocycles. The number of aryl methyl sites for hydroxylation is 1. The fraction of sp³-hybridized carbons (Fsp3) is 0.500. The first-order valence-electron chi connectivity index (χ1n) is 6.62. The summed E-state index contributed by atoms with van der Waals surface area (Å²) in [6.07, 6.45) is 1.16. The van der Waals surface area contributed by atoms with Gasteiger partial charge in [-0.15, -0.1) is 11.6 Å². The minimum atomic E-state index is -3.28. The van der Waals surface area contributed by atoms with Gasteiger partial charge in [-0.1, -0.05) is 6.07 Å². The number of nitrogens with zero attached hydrogens (tertiary/aromatic N) is 2. The molecule has 0 aliphatic heterocycles. The summed E-state index contributed by atoms with van der Waals surface area (Å²) in [5, 5.41) is 0. The van der Waals surface area contributed by atoms with E-state index in [-0.39, 0.29) is 5.88 Å².